The second-order valence-corrected chi connectivity index (χ2v) is 9.77. The zero-order chi connectivity index (χ0) is 20.7. The van der Waals surface area contributed by atoms with Crippen molar-refractivity contribution in [2.45, 2.75) is 5.60 Å². The molecular weight excluding hydrogens is 667 g/mol. The molecule has 5 nitrogen and oxygen atoms in total. The first-order valence-electron chi connectivity index (χ1n) is 8.17. The zero-order valence-electron chi connectivity index (χ0n) is 14.6. The zero-order valence-corrected chi connectivity index (χ0v) is 22.1. The first-order chi connectivity index (χ1) is 13.8. The minimum Gasteiger partial charge on any atom is -0.871 e. The van der Waals surface area contributed by atoms with Gasteiger partial charge in [0.05, 0.1) is 14.5 Å². The van der Waals surface area contributed by atoms with Crippen molar-refractivity contribution in [1.82, 2.24) is 0 Å². The monoisotopic (exact) mass is 669 g/mol. The van der Waals surface area contributed by atoms with Crippen molar-refractivity contribution in [3.8, 4) is 23.0 Å². The molecule has 146 valence electrons. The Morgan fingerprint density at radius 1 is 0.800 bits per heavy atom. The predicted octanol–water partition coefficient (Wildman–Crippen LogP) is 5.07. The van der Waals surface area contributed by atoms with E-state index in [2.05, 4.69) is 63.7 Å². The number of ether oxygens (including phenoxy) is 2. The molecule has 0 saturated carbocycles. The fourth-order valence-electron chi connectivity index (χ4n) is 3.75. The van der Waals surface area contributed by atoms with Gasteiger partial charge >= 0.3 is 23.3 Å². The van der Waals surface area contributed by atoms with Gasteiger partial charge in [0, 0.05) is 25.6 Å². The predicted molar refractivity (Wildman–Crippen MR) is 120 cm³/mol. The van der Waals surface area contributed by atoms with Crippen LogP contribution in [-0.2, 0) is 10.3 Å². The molecule has 10 heteroatoms. The molecule has 0 saturated heterocycles. The fourth-order valence-corrected chi connectivity index (χ4v) is 6.16. The Hall–Kier alpha value is -1.02. The first-order valence-corrected chi connectivity index (χ1v) is 11.3. The Kier molecular flexibility index (Phi) is 5.58. The number of benzene rings is 3. The largest absolute Gasteiger partial charge is 3.00 e. The standard InChI is InChI=1S/C20H8Br4O5.Al/c21-11-5-9-17(13(23)15(11)25)28-18-10(6-12(22)16(26)14(18)24)20(9)8-4-2-1-3-7(8)19(27)29-20;/h1-6,25-26H;/q;+3/p-2. The van der Waals surface area contributed by atoms with Gasteiger partial charge in [0.25, 0.3) is 0 Å². The Morgan fingerprint density at radius 3 is 1.83 bits per heavy atom. The second-order valence-electron chi connectivity index (χ2n) is 6.47. The summed E-state index contributed by atoms with van der Waals surface area (Å²) in [7, 11) is 0. The van der Waals surface area contributed by atoms with Gasteiger partial charge in [-0.1, -0.05) is 61.6 Å². The molecule has 0 aromatic heterocycles. The van der Waals surface area contributed by atoms with Crippen molar-refractivity contribution >= 4 is 87.1 Å². The van der Waals surface area contributed by atoms with Gasteiger partial charge in [-0.3, -0.25) is 0 Å². The number of hydrogen-bond acceptors (Lipinski definition) is 5. The van der Waals surface area contributed by atoms with Gasteiger partial charge in [-0.15, -0.1) is 0 Å². The number of rotatable bonds is 0. The third kappa shape index (κ3) is 2.78. The average molecular weight is 673 g/mol. The third-order valence-electron chi connectivity index (χ3n) is 5.00. The molecule has 0 atom stereocenters. The van der Waals surface area contributed by atoms with Crippen LogP contribution < -0.4 is 14.9 Å². The molecule has 0 unspecified atom stereocenters. The summed E-state index contributed by atoms with van der Waals surface area (Å²) < 4.78 is 12.9. The second kappa shape index (κ2) is 7.54. The van der Waals surface area contributed by atoms with Crippen molar-refractivity contribution in [3.05, 3.63) is 76.5 Å². The molecule has 0 N–H and O–H groups in total. The number of fused-ring (bicyclic) bond motifs is 6. The molecule has 0 amide bonds. The van der Waals surface area contributed by atoms with E-state index in [0.29, 0.717) is 22.3 Å². The number of hydrogen-bond donors (Lipinski definition) is 0. The molecule has 0 aliphatic carbocycles. The summed E-state index contributed by atoms with van der Waals surface area (Å²) in [5.41, 5.74) is 0.570. The summed E-state index contributed by atoms with van der Waals surface area (Å²) in [4.78, 5) is 12.8. The Labute approximate surface area is 215 Å². The normalized spacial score (nSPS) is 14.9. The Bertz CT molecular complexity index is 1200. The maximum absolute atomic E-state index is 12.8. The molecule has 0 fully saturated rings. The summed E-state index contributed by atoms with van der Waals surface area (Å²) in [6, 6.07) is 10.2. The minimum absolute atomic E-state index is 0. The molecule has 2 aliphatic rings. The third-order valence-corrected chi connectivity index (χ3v) is 7.62. The van der Waals surface area contributed by atoms with Crippen molar-refractivity contribution in [2.24, 2.45) is 0 Å². The maximum atomic E-state index is 12.8. The summed E-state index contributed by atoms with van der Waals surface area (Å²) in [6.07, 6.45) is 0. The van der Waals surface area contributed by atoms with Gasteiger partial charge in [0.1, 0.15) is 11.5 Å². The van der Waals surface area contributed by atoms with E-state index in [1.165, 1.54) is 0 Å². The SMILES string of the molecule is O=C1OC2(c3ccccc31)c1cc(Br)c([O-])c(Br)c1Oc1c2cc(Br)c([O-])c1Br.[Al+3]. The van der Waals surface area contributed by atoms with E-state index in [4.69, 9.17) is 9.47 Å². The van der Waals surface area contributed by atoms with Crippen LogP contribution in [0.4, 0.5) is 0 Å². The van der Waals surface area contributed by atoms with Gasteiger partial charge in [0.15, 0.2) is 5.60 Å². The van der Waals surface area contributed by atoms with Crippen molar-refractivity contribution < 1.29 is 24.5 Å². The van der Waals surface area contributed by atoms with Crippen LogP contribution in [0.5, 0.6) is 23.0 Å². The van der Waals surface area contributed by atoms with Crippen molar-refractivity contribution in [1.29, 1.82) is 0 Å². The fraction of sp³-hybridized carbons (Fsp3) is 0.0500. The Balaban J connectivity index is 0.00000218. The van der Waals surface area contributed by atoms with E-state index >= 15 is 0 Å². The van der Waals surface area contributed by atoms with Gasteiger partial charge in [-0.25, -0.2) is 4.79 Å². The Morgan fingerprint density at radius 2 is 1.30 bits per heavy atom. The van der Waals surface area contributed by atoms with E-state index in [1.807, 2.05) is 0 Å². The van der Waals surface area contributed by atoms with Crippen LogP contribution in [0.25, 0.3) is 0 Å². The molecule has 1 spiro atoms. The van der Waals surface area contributed by atoms with Gasteiger partial charge < -0.3 is 19.7 Å². The van der Waals surface area contributed by atoms with Gasteiger partial charge in [-0.2, -0.15) is 0 Å². The van der Waals surface area contributed by atoms with Gasteiger partial charge in [-0.05, 0) is 50.1 Å². The van der Waals surface area contributed by atoms with Crippen LogP contribution in [0.2, 0.25) is 0 Å². The molecule has 0 bridgehead atoms. The minimum atomic E-state index is -1.38. The summed E-state index contributed by atoms with van der Waals surface area (Å²) in [5, 5.41) is 25.0. The van der Waals surface area contributed by atoms with Crippen LogP contribution >= 0.6 is 63.7 Å². The summed E-state index contributed by atoms with van der Waals surface area (Å²) in [6.45, 7) is 0. The quantitative estimate of drug-likeness (QED) is 0.246. The van der Waals surface area contributed by atoms with E-state index in [9.17, 15) is 15.0 Å². The van der Waals surface area contributed by atoms with Crippen LogP contribution in [0.15, 0.2) is 54.3 Å². The molecule has 2 aliphatic heterocycles. The summed E-state index contributed by atoms with van der Waals surface area (Å²) >= 11 is 13.2. The number of carbonyl (C=O) groups is 1. The molecule has 0 radical (unpaired) electrons. The number of halogens is 4. The molecular formula is C20H6AlBr4O5+. The summed E-state index contributed by atoms with van der Waals surface area (Å²) in [5.74, 6) is -0.766. The molecule has 30 heavy (non-hydrogen) atoms. The molecule has 5 rings (SSSR count). The van der Waals surface area contributed by atoms with Crippen LogP contribution in [-0.4, -0.2) is 23.3 Å². The van der Waals surface area contributed by atoms with Crippen LogP contribution in [0.1, 0.15) is 27.0 Å². The van der Waals surface area contributed by atoms with Crippen molar-refractivity contribution in [3.63, 3.8) is 0 Å². The van der Waals surface area contributed by atoms with Crippen molar-refractivity contribution in [2.75, 3.05) is 0 Å². The number of esters is 1. The van der Waals surface area contributed by atoms with E-state index in [1.54, 1.807) is 36.4 Å². The molecule has 3 aromatic rings. The topological polar surface area (TPSA) is 81.7 Å². The van der Waals surface area contributed by atoms with Crippen LogP contribution in [0, 0.1) is 0 Å². The van der Waals surface area contributed by atoms with Crippen LogP contribution in [0.3, 0.4) is 0 Å². The molecule has 2 heterocycles. The molecule has 3 aromatic carbocycles. The first kappa shape index (κ1) is 22.2. The smallest absolute Gasteiger partial charge is 0.871 e. The van der Waals surface area contributed by atoms with E-state index in [-0.39, 0.29) is 58.2 Å². The average Bonchev–Trinajstić information content (AvgIpc) is 3.00. The van der Waals surface area contributed by atoms with E-state index in [0.717, 1.165) is 0 Å². The van der Waals surface area contributed by atoms with E-state index < -0.39 is 11.6 Å². The number of carbonyl (C=O) groups excluding carboxylic acids is 1. The van der Waals surface area contributed by atoms with Gasteiger partial charge in [0.2, 0.25) is 0 Å². The maximum Gasteiger partial charge on any atom is 3.00 e.